The molecule has 1 aromatic carbocycles. The van der Waals surface area contributed by atoms with E-state index in [4.69, 9.17) is 12.2 Å². The molecule has 5 nitrogen and oxygen atoms in total. The van der Waals surface area contributed by atoms with Gasteiger partial charge in [-0.15, -0.1) is 0 Å². The smallest absolute Gasteiger partial charge is 0.262 e. The summed E-state index contributed by atoms with van der Waals surface area (Å²) < 4.78 is 1.92. The summed E-state index contributed by atoms with van der Waals surface area (Å²) in [6, 6.07) is 5.57. The van der Waals surface area contributed by atoms with Crippen molar-refractivity contribution in [1.29, 1.82) is 0 Å². The minimum absolute atomic E-state index is 0.0420. The Bertz CT molecular complexity index is 992. The first-order valence-corrected chi connectivity index (χ1v) is 9.57. The number of hydrogen-bond acceptors (Lipinski definition) is 3. The quantitative estimate of drug-likeness (QED) is 0.832. The van der Waals surface area contributed by atoms with E-state index in [0.717, 1.165) is 11.8 Å². The van der Waals surface area contributed by atoms with Crippen molar-refractivity contribution >= 4 is 29.0 Å². The van der Waals surface area contributed by atoms with Gasteiger partial charge in [0.2, 0.25) is 0 Å². The molecule has 3 saturated carbocycles. The maximum absolute atomic E-state index is 12.7. The van der Waals surface area contributed by atoms with Crippen LogP contribution in [0.1, 0.15) is 36.5 Å². The van der Waals surface area contributed by atoms with Gasteiger partial charge < -0.3 is 10.3 Å². The van der Waals surface area contributed by atoms with Crippen molar-refractivity contribution in [3.8, 4) is 0 Å². The Labute approximate surface area is 150 Å². The van der Waals surface area contributed by atoms with Crippen LogP contribution in [0.2, 0.25) is 0 Å². The fourth-order valence-electron chi connectivity index (χ4n) is 5.44. The molecule has 0 saturated heterocycles. The highest BCUT2D eigenvalue weighted by Gasteiger charge is 2.65. The number of amides is 1. The first kappa shape index (κ1) is 15.3. The first-order chi connectivity index (χ1) is 12.1. The summed E-state index contributed by atoms with van der Waals surface area (Å²) in [5.74, 6) is 3.05. The maximum Gasteiger partial charge on any atom is 0.262 e. The van der Waals surface area contributed by atoms with E-state index in [2.05, 4.69) is 10.3 Å². The molecular weight excluding hydrogens is 334 g/mol. The molecule has 3 aliphatic rings. The van der Waals surface area contributed by atoms with Crippen molar-refractivity contribution in [2.75, 3.05) is 0 Å². The molecule has 0 radical (unpaired) electrons. The third-order valence-electron chi connectivity index (χ3n) is 6.59. The Hall–Kier alpha value is -1.95. The zero-order chi connectivity index (χ0) is 17.3. The van der Waals surface area contributed by atoms with Gasteiger partial charge in [-0.25, -0.2) is 0 Å². The van der Waals surface area contributed by atoms with Gasteiger partial charge in [-0.1, -0.05) is 0 Å². The summed E-state index contributed by atoms with van der Waals surface area (Å²) in [7, 11) is 0. The molecule has 0 aliphatic heterocycles. The molecule has 4 unspecified atom stereocenters. The lowest BCUT2D eigenvalue weighted by molar-refractivity contribution is 0.0944. The van der Waals surface area contributed by atoms with Crippen LogP contribution in [0.5, 0.6) is 0 Å². The van der Waals surface area contributed by atoms with Gasteiger partial charge in [-0.3, -0.25) is 14.2 Å². The standard InChI is InChI=1S/C19H21N3O2S/c1-2-22-18(24)12-6-5-11(8-13(12)20-19(22)25)17(23)21-16-14-9-3-4-10(7-9)15(14)16/h5-6,8-10,14-16H,2-4,7H2,1H3,(H,20,25)(H,21,23). The number of aromatic nitrogens is 2. The van der Waals surface area contributed by atoms with Gasteiger partial charge in [0.05, 0.1) is 10.9 Å². The molecule has 0 spiro atoms. The Morgan fingerprint density at radius 1 is 1.32 bits per heavy atom. The molecule has 6 heteroatoms. The minimum Gasteiger partial charge on any atom is -0.349 e. The number of fused-ring (bicyclic) bond motifs is 6. The summed E-state index contributed by atoms with van der Waals surface area (Å²) in [5, 5.41) is 3.79. The van der Waals surface area contributed by atoms with Crippen molar-refractivity contribution in [2.45, 2.75) is 38.8 Å². The van der Waals surface area contributed by atoms with E-state index < -0.39 is 0 Å². The third kappa shape index (κ3) is 2.16. The zero-order valence-electron chi connectivity index (χ0n) is 14.1. The third-order valence-corrected chi connectivity index (χ3v) is 6.92. The number of hydrogen-bond donors (Lipinski definition) is 2. The van der Waals surface area contributed by atoms with Crippen molar-refractivity contribution in [1.82, 2.24) is 14.9 Å². The monoisotopic (exact) mass is 355 g/mol. The molecule has 1 aromatic heterocycles. The normalized spacial score (nSPS) is 32.0. The number of nitrogens with one attached hydrogen (secondary N) is 2. The predicted molar refractivity (Wildman–Crippen MR) is 98.1 cm³/mol. The molecular formula is C19H21N3O2S. The van der Waals surface area contributed by atoms with Crippen LogP contribution in [-0.4, -0.2) is 21.5 Å². The van der Waals surface area contributed by atoms with Gasteiger partial charge in [0.25, 0.3) is 11.5 Å². The number of H-pyrrole nitrogens is 1. The summed E-state index contributed by atoms with van der Waals surface area (Å²) in [5.41, 5.74) is 1.11. The molecule has 2 N–H and O–H groups in total. The van der Waals surface area contributed by atoms with Gasteiger partial charge in [-0.2, -0.15) is 0 Å². The van der Waals surface area contributed by atoms with Gasteiger partial charge in [-0.05, 0) is 80.3 Å². The van der Waals surface area contributed by atoms with E-state index in [1.165, 1.54) is 23.8 Å². The minimum atomic E-state index is -0.110. The van der Waals surface area contributed by atoms with Crippen LogP contribution < -0.4 is 10.9 Å². The predicted octanol–water partition coefficient (Wildman–Crippen LogP) is 2.85. The summed E-state index contributed by atoms with van der Waals surface area (Å²) >= 11 is 5.25. The molecule has 130 valence electrons. The topological polar surface area (TPSA) is 66.9 Å². The average Bonchev–Trinajstić information content (AvgIpc) is 2.98. The van der Waals surface area contributed by atoms with Crippen LogP contribution in [0.15, 0.2) is 23.0 Å². The second kappa shape index (κ2) is 5.27. The second-order valence-corrected chi connectivity index (χ2v) is 8.11. The molecule has 4 atom stereocenters. The molecule has 2 bridgehead atoms. The van der Waals surface area contributed by atoms with Crippen molar-refractivity contribution in [3.05, 3.63) is 38.9 Å². The number of aromatic amines is 1. The van der Waals surface area contributed by atoms with Gasteiger partial charge in [0.1, 0.15) is 0 Å². The molecule has 1 heterocycles. The van der Waals surface area contributed by atoms with Crippen molar-refractivity contribution < 1.29 is 4.79 Å². The lowest BCUT2D eigenvalue weighted by Crippen LogP contribution is -2.30. The molecule has 1 amide bonds. The highest BCUT2D eigenvalue weighted by atomic mass is 32.1. The fourth-order valence-corrected chi connectivity index (χ4v) is 5.76. The van der Waals surface area contributed by atoms with Crippen LogP contribution in [0.25, 0.3) is 10.9 Å². The molecule has 3 fully saturated rings. The largest absolute Gasteiger partial charge is 0.349 e. The first-order valence-electron chi connectivity index (χ1n) is 9.16. The van der Waals surface area contributed by atoms with E-state index in [0.29, 0.717) is 45.7 Å². The van der Waals surface area contributed by atoms with Crippen LogP contribution in [-0.2, 0) is 6.54 Å². The van der Waals surface area contributed by atoms with Gasteiger partial charge in [0, 0.05) is 18.2 Å². The molecule has 5 rings (SSSR count). The zero-order valence-corrected chi connectivity index (χ0v) is 14.9. The lowest BCUT2D eigenvalue weighted by atomic mass is 10.0. The summed E-state index contributed by atoms with van der Waals surface area (Å²) in [6.07, 6.45) is 4.06. The van der Waals surface area contributed by atoms with E-state index in [1.54, 1.807) is 18.2 Å². The van der Waals surface area contributed by atoms with Crippen molar-refractivity contribution in [3.63, 3.8) is 0 Å². The molecule has 3 aliphatic carbocycles. The fraction of sp³-hybridized carbons (Fsp3) is 0.526. The maximum atomic E-state index is 12.7. The van der Waals surface area contributed by atoms with E-state index in [9.17, 15) is 9.59 Å². The second-order valence-electron chi connectivity index (χ2n) is 7.73. The lowest BCUT2D eigenvalue weighted by Gasteiger charge is -2.11. The van der Waals surface area contributed by atoms with Crippen LogP contribution in [0, 0.1) is 28.4 Å². The van der Waals surface area contributed by atoms with E-state index >= 15 is 0 Å². The number of rotatable bonds is 3. The summed E-state index contributed by atoms with van der Waals surface area (Å²) in [6.45, 7) is 2.41. The number of carbonyl (C=O) groups is 1. The van der Waals surface area contributed by atoms with Crippen LogP contribution >= 0.6 is 12.2 Å². The van der Waals surface area contributed by atoms with Crippen molar-refractivity contribution in [2.24, 2.45) is 23.7 Å². The Morgan fingerprint density at radius 2 is 2.04 bits per heavy atom. The molecule has 25 heavy (non-hydrogen) atoms. The van der Waals surface area contributed by atoms with Crippen LogP contribution in [0.4, 0.5) is 0 Å². The number of nitrogens with zero attached hydrogens (tertiary/aromatic N) is 1. The van der Waals surface area contributed by atoms with E-state index in [1.807, 2.05) is 6.92 Å². The average molecular weight is 355 g/mol. The SMILES string of the molecule is CCn1c(=S)[nH]c2cc(C(=O)NC3C4C5CCC(C5)C34)ccc2c1=O. The van der Waals surface area contributed by atoms with Gasteiger partial charge >= 0.3 is 0 Å². The highest BCUT2D eigenvalue weighted by Crippen LogP contribution is 2.65. The van der Waals surface area contributed by atoms with E-state index in [-0.39, 0.29) is 11.5 Å². The Morgan fingerprint density at radius 3 is 2.72 bits per heavy atom. The molecule has 2 aromatic rings. The van der Waals surface area contributed by atoms with Gasteiger partial charge in [0.15, 0.2) is 4.77 Å². The van der Waals surface area contributed by atoms with Crippen LogP contribution in [0.3, 0.4) is 0 Å². The highest BCUT2D eigenvalue weighted by molar-refractivity contribution is 7.71. The Balaban J connectivity index is 1.42. The Kier molecular flexibility index (Phi) is 3.23. The summed E-state index contributed by atoms with van der Waals surface area (Å²) in [4.78, 5) is 28.2. The number of carbonyl (C=O) groups excluding carboxylic acids is 1. The number of benzene rings is 1.